The molecule has 0 bridgehead atoms. The van der Waals surface area contributed by atoms with Crippen LogP contribution in [0.15, 0.2) is 12.3 Å². The van der Waals surface area contributed by atoms with Crippen molar-refractivity contribution < 1.29 is 18.5 Å². The predicted molar refractivity (Wildman–Crippen MR) is 155 cm³/mol. The van der Waals surface area contributed by atoms with Crippen LogP contribution in [0.25, 0.3) is 0 Å². The van der Waals surface area contributed by atoms with Gasteiger partial charge in [-0.15, -0.1) is 0 Å². The first kappa shape index (κ1) is 34.7. The second-order valence-electron chi connectivity index (χ2n) is 11.6. The smallest absolute Gasteiger partial charge is 0.429 e. The van der Waals surface area contributed by atoms with E-state index in [4.69, 9.17) is 4.52 Å². The van der Waals surface area contributed by atoms with Crippen LogP contribution in [0.1, 0.15) is 155 Å². The quantitative estimate of drug-likeness (QED) is 0.0538. The largest absolute Gasteiger partial charge is 0.433 e. The van der Waals surface area contributed by atoms with E-state index in [2.05, 4.69) is 6.92 Å². The van der Waals surface area contributed by atoms with Crippen molar-refractivity contribution in [1.82, 2.24) is 0 Å². The number of rotatable bonds is 26. The lowest BCUT2D eigenvalue weighted by molar-refractivity contribution is -0.883. The average Bonchev–Trinajstić information content (AvgIpc) is 2.78. The van der Waals surface area contributed by atoms with Crippen LogP contribution in [0.5, 0.6) is 0 Å². The number of hydrogen-bond acceptors (Lipinski definition) is 2. The van der Waals surface area contributed by atoms with Crippen LogP contribution in [0.4, 0.5) is 0 Å². The zero-order valence-corrected chi connectivity index (χ0v) is 25.3. The van der Waals surface area contributed by atoms with Gasteiger partial charge in [0.25, 0.3) is 0 Å². The summed E-state index contributed by atoms with van der Waals surface area (Å²) in [6.07, 6.45) is 32.7. The maximum absolute atomic E-state index is 12.5. The number of hydrogen-bond donors (Lipinski definition) is 1. The van der Waals surface area contributed by atoms with E-state index in [-0.39, 0.29) is 0 Å². The van der Waals surface area contributed by atoms with Crippen LogP contribution < -0.4 is 0 Å². The second-order valence-corrected chi connectivity index (χ2v) is 13.5. The molecule has 0 aromatic heterocycles. The Balaban J connectivity index is 3.40. The molecule has 0 aromatic rings. The van der Waals surface area contributed by atoms with Gasteiger partial charge in [-0.3, -0.25) is 0 Å². The van der Waals surface area contributed by atoms with Crippen molar-refractivity contribution in [2.24, 2.45) is 0 Å². The number of quaternary nitrogens is 1. The molecular formula is C30H63NO3P+. The molecule has 0 saturated heterocycles. The molecule has 5 heteroatoms. The summed E-state index contributed by atoms with van der Waals surface area (Å²) in [7, 11) is 2.17. The molecule has 35 heavy (non-hydrogen) atoms. The molecule has 2 atom stereocenters. The summed E-state index contributed by atoms with van der Waals surface area (Å²) in [6.45, 7) is 4.22. The molecule has 0 radical (unpaired) electrons. The van der Waals surface area contributed by atoms with Crippen molar-refractivity contribution in [2.45, 2.75) is 161 Å². The Morgan fingerprint density at radius 3 is 1.31 bits per heavy atom. The maximum Gasteiger partial charge on any atom is 0.433 e. The van der Waals surface area contributed by atoms with Gasteiger partial charge in [0.1, 0.15) is 0 Å². The van der Waals surface area contributed by atoms with Gasteiger partial charge in [-0.05, 0) is 18.9 Å². The van der Waals surface area contributed by atoms with E-state index < -0.39 is 13.4 Å². The topological polar surface area (TPSA) is 46.5 Å². The lowest BCUT2D eigenvalue weighted by atomic mass is 10.0. The minimum atomic E-state index is -3.64. The Hall–Kier alpha value is -0.310. The summed E-state index contributed by atoms with van der Waals surface area (Å²) in [6, 6.07) is 0. The number of nitrogens with zero attached hydrogens (tertiary/aromatic N) is 1. The third-order valence-electron chi connectivity index (χ3n) is 7.17. The van der Waals surface area contributed by atoms with Crippen molar-refractivity contribution in [1.29, 1.82) is 0 Å². The molecule has 0 spiro atoms. The summed E-state index contributed by atoms with van der Waals surface area (Å²) >= 11 is 0. The first-order chi connectivity index (χ1) is 16.8. The van der Waals surface area contributed by atoms with Crippen molar-refractivity contribution >= 4 is 7.60 Å². The molecule has 0 aromatic carbocycles. The third-order valence-corrected chi connectivity index (χ3v) is 9.40. The fourth-order valence-corrected chi connectivity index (χ4v) is 6.74. The normalized spacial score (nSPS) is 14.9. The monoisotopic (exact) mass is 516 g/mol. The van der Waals surface area contributed by atoms with E-state index in [1.165, 1.54) is 128 Å². The molecule has 4 nitrogen and oxygen atoms in total. The van der Waals surface area contributed by atoms with Crippen molar-refractivity contribution in [3.05, 3.63) is 12.3 Å². The summed E-state index contributed by atoms with van der Waals surface area (Å²) in [5, 5.41) is 0. The number of unbranched alkanes of at least 4 members (excludes halogenated alkanes) is 20. The van der Waals surface area contributed by atoms with Gasteiger partial charge in [0.2, 0.25) is 5.78 Å². The molecule has 0 aliphatic carbocycles. The lowest BCUT2D eigenvalue weighted by Gasteiger charge is -2.34. The molecule has 2 unspecified atom stereocenters. The molecule has 0 rings (SSSR count). The molecule has 0 aliphatic rings. The molecule has 0 saturated carbocycles. The standard InChI is InChI=1S/C30H62NO3P/c1-6-8-9-10-11-12-13-14-15-16-17-18-19-20-21-22-23-24-25-26-27-28-29-34-35(32,33)30(7-2)31(3,4)5/h28-30H,6-27H2,1-5H3/p+1. The van der Waals surface area contributed by atoms with E-state index in [9.17, 15) is 9.46 Å². The highest BCUT2D eigenvalue weighted by atomic mass is 31.2. The summed E-state index contributed by atoms with van der Waals surface area (Å²) < 4.78 is 18.2. The van der Waals surface area contributed by atoms with Crippen molar-refractivity contribution in [2.75, 3.05) is 21.1 Å². The molecule has 1 N–H and O–H groups in total. The van der Waals surface area contributed by atoms with E-state index in [1.807, 2.05) is 34.1 Å². The van der Waals surface area contributed by atoms with E-state index in [0.717, 1.165) is 12.8 Å². The molecular weight excluding hydrogens is 453 g/mol. The van der Waals surface area contributed by atoms with Gasteiger partial charge in [0.15, 0.2) is 0 Å². The van der Waals surface area contributed by atoms with Gasteiger partial charge in [0, 0.05) is 6.42 Å². The molecule has 0 heterocycles. The first-order valence-electron chi connectivity index (χ1n) is 15.2. The average molecular weight is 517 g/mol. The van der Waals surface area contributed by atoms with E-state index in [1.54, 1.807) is 0 Å². The second kappa shape index (κ2) is 22.9. The van der Waals surface area contributed by atoms with Gasteiger partial charge in [-0.2, -0.15) is 0 Å². The Labute approximate surface area is 220 Å². The Kier molecular flexibility index (Phi) is 22.7. The van der Waals surface area contributed by atoms with Gasteiger partial charge in [-0.1, -0.05) is 136 Å². The van der Waals surface area contributed by atoms with Crippen LogP contribution >= 0.6 is 7.60 Å². The number of allylic oxidation sites excluding steroid dienone is 1. The van der Waals surface area contributed by atoms with Gasteiger partial charge in [0.05, 0.1) is 27.4 Å². The Bertz CT molecular complexity index is 530. The highest BCUT2D eigenvalue weighted by Crippen LogP contribution is 2.51. The van der Waals surface area contributed by atoms with Crippen LogP contribution in [0.2, 0.25) is 0 Å². The van der Waals surface area contributed by atoms with Crippen LogP contribution in [0, 0.1) is 0 Å². The van der Waals surface area contributed by atoms with Crippen molar-refractivity contribution in [3.8, 4) is 0 Å². The van der Waals surface area contributed by atoms with Crippen LogP contribution in [-0.2, 0) is 9.09 Å². The highest BCUT2D eigenvalue weighted by Gasteiger charge is 2.41. The van der Waals surface area contributed by atoms with Crippen LogP contribution in [-0.4, -0.2) is 36.3 Å². The highest BCUT2D eigenvalue weighted by molar-refractivity contribution is 7.53. The molecule has 0 amide bonds. The zero-order chi connectivity index (χ0) is 26.3. The minimum Gasteiger partial charge on any atom is -0.429 e. The van der Waals surface area contributed by atoms with E-state index in [0.29, 0.717) is 10.9 Å². The predicted octanol–water partition coefficient (Wildman–Crippen LogP) is 10.4. The summed E-state index contributed by atoms with van der Waals surface area (Å²) in [5.41, 5.74) is 0. The zero-order valence-electron chi connectivity index (χ0n) is 24.4. The summed E-state index contributed by atoms with van der Waals surface area (Å²) in [5.74, 6) is -0.396. The minimum absolute atomic E-state index is 0.396. The van der Waals surface area contributed by atoms with Crippen molar-refractivity contribution in [3.63, 3.8) is 0 Å². The third kappa shape index (κ3) is 21.5. The fraction of sp³-hybridized carbons (Fsp3) is 0.933. The molecule has 0 fully saturated rings. The Morgan fingerprint density at radius 1 is 0.657 bits per heavy atom. The summed E-state index contributed by atoms with van der Waals surface area (Å²) in [4.78, 5) is 10.2. The SMILES string of the molecule is CCCCCCCCCCCCCCCCCCCCCCC=COP(=O)(O)C(CC)[N+](C)(C)C. The van der Waals surface area contributed by atoms with Gasteiger partial charge >= 0.3 is 7.60 Å². The fourth-order valence-electron chi connectivity index (χ4n) is 5.00. The Morgan fingerprint density at radius 2 is 1.00 bits per heavy atom. The van der Waals surface area contributed by atoms with Crippen LogP contribution in [0.3, 0.4) is 0 Å². The van der Waals surface area contributed by atoms with Gasteiger partial charge in [-0.25, -0.2) is 4.57 Å². The maximum atomic E-state index is 12.5. The first-order valence-corrected chi connectivity index (χ1v) is 16.9. The molecule has 210 valence electrons. The molecule has 0 aliphatic heterocycles. The van der Waals surface area contributed by atoms with Gasteiger partial charge < -0.3 is 13.9 Å². The lowest BCUT2D eigenvalue weighted by Crippen LogP contribution is -2.44. The van der Waals surface area contributed by atoms with E-state index >= 15 is 0 Å².